The van der Waals surface area contributed by atoms with Crippen molar-refractivity contribution in [3.05, 3.63) is 0 Å². The van der Waals surface area contributed by atoms with Crippen molar-refractivity contribution >= 4 is 13.8 Å². The van der Waals surface area contributed by atoms with Gasteiger partial charge in [0.15, 0.2) is 0 Å². The molecule has 1 aliphatic carbocycles. The van der Waals surface area contributed by atoms with E-state index in [1.807, 2.05) is 0 Å². The summed E-state index contributed by atoms with van der Waals surface area (Å²) >= 11 is 0. The second kappa shape index (κ2) is 32.4. The van der Waals surface area contributed by atoms with E-state index < -0.39 is 63.1 Å². The van der Waals surface area contributed by atoms with Gasteiger partial charge in [0, 0.05) is 13.0 Å². The van der Waals surface area contributed by atoms with Gasteiger partial charge in [-0.2, -0.15) is 0 Å². The van der Waals surface area contributed by atoms with Gasteiger partial charge in [-0.05, 0) is 12.8 Å². The van der Waals surface area contributed by atoms with E-state index in [0.717, 1.165) is 38.5 Å². The summed E-state index contributed by atoms with van der Waals surface area (Å²) in [6, 6.07) is 0. The number of hydrogen-bond donors (Lipinski definition) is 6. The monoisotopic (exact) mass is 783 g/mol. The summed E-state index contributed by atoms with van der Waals surface area (Å²) in [6.07, 6.45) is 19.1. The van der Waals surface area contributed by atoms with Crippen LogP contribution in [0.5, 0.6) is 0 Å². The van der Waals surface area contributed by atoms with Crippen LogP contribution in [0.1, 0.15) is 187 Å². The topological polar surface area (TPSA) is 192 Å². The average molecular weight is 783 g/mol. The van der Waals surface area contributed by atoms with Crippen molar-refractivity contribution < 1.29 is 58.3 Å². The number of aliphatic hydroxyl groups excluding tert-OH is 5. The fourth-order valence-corrected chi connectivity index (χ4v) is 7.74. The summed E-state index contributed by atoms with van der Waals surface area (Å²) in [6.45, 7) is 4.24. The van der Waals surface area contributed by atoms with E-state index in [2.05, 4.69) is 13.8 Å². The lowest BCUT2D eigenvalue weighted by Gasteiger charge is -2.41. The summed E-state index contributed by atoms with van der Waals surface area (Å²) in [5.41, 5.74) is 0. The number of phosphoric acid groups is 1. The highest BCUT2D eigenvalue weighted by atomic mass is 31.2. The van der Waals surface area contributed by atoms with Gasteiger partial charge in [0.1, 0.15) is 42.7 Å². The zero-order chi connectivity index (χ0) is 39.2. The van der Waals surface area contributed by atoms with Crippen LogP contribution in [0.2, 0.25) is 0 Å². The Bertz CT molecular complexity index is 895. The fourth-order valence-electron chi connectivity index (χ4n) is 6.77. The van der Waals surface area contributed by atoms with Crippen LogP contribution in [-0.2, 0) is 27.9 Å². The van der Waals surface area contributed by atoms with Crippen LogP contribution in [0, 0.1) is 0 Å². The third kappa shape index (κ3) is 25.3. The molecule has 0 heterocycles. The van der Waals surface area contributed by atoms with Gasteiger partial charge in [0.05, 0.1) is 13.2 Å². The van der Waals surface area contributed by atoms with Crippen LogP contribution in [0.15, 0.2) is 0 Å². The normalized spacial score (nSPS) is 23.5. The van der Waals surface area contributed by atoms with Gasteiger partial charge in [0.25, 0.3) is 0 Å². The summed E-state index contributed by atoms with van der Waals surface area (Å²) < 4.78 is 34.0. The Morgan fingerprint density at radius 3 is 1.30 bits per heavy atom. The number of ether oxygens (including phenoxy) is 2. The third-order valence-corrected chi connectivity index (χ3v) is 11.2. The molecule has 6 N–H and O–H groups in total. The van der Waals surface area contributed by atoms with Crippen LogP contribution in [0.25, 0.3) is 0 Å². The minimum Gasteiger partial charge on any atom is -0.457 e. The summed E-state index contributed by atoms with van der Waals surface area (Å²) in [5, 5.41) is 50.0. The second-order valence-corrected chi connectivity index (χ2v) is 16.6. The van der Waals surface area contributed by atoms with E-state index in [0.29, 0.717) is 13.0 Å². The minimum atomic E-state index is -5.00. The highest BCUT2D eigenvalue weighted by molar-refractivity contribution is 7.47. The number of carbonyl (C=O) groups is 1. The van der Waals surface area contributed by atoms with Crippen molar-refractivity contribution in [2.75, 3.05) is 19.8 Å². The summed E-state index contributed by atoms with van der Waals surface area (Å²) in [5.74, 6) is -0.474. The Labute approximate surface area is 321 Å². The van der Waals surface area contributed by atoms with Gasteiger partial charge in [-0.3, -0.25) is 13.8 Å². The first-order valence-electron chi connectivity index (χ1n) is 21.4. The zero-order valence-corrected chi connectivity index (χ0v) is 34.2. The van der Waals surface area contributed by atoms with Crippen molar-refractivity contribution in [2.24, 2.45) is 0 Å². The minimum absolute atomic E-state index is 0.0698. The third-order valence-electron chi connectivity index (χ3n) is 10.2. The van der Waals surface area contributed by atoms with Crippen LogP contribution in [0.3, 0.4) is 0 Å². The van der Waals surface area contributed by atoms with E-state index in [1.54, 1.807) is 0 Å². The average Bonchev–Trinajstić information content (AvgIpc) is 3.14. The first kappa shape index (κ1) is 50.4. The Balaban J connectivity index is 2.35. The van der Waals surface area contributed by atoms with Crippen molar-refractivity contribution in [1.82, 2.24) is 0 Å². The molecule has 0 bridgehead atoms. The quantitative estimate of drug-likeness (QED) is 0.0206. The van der Waals surface area contributed by atoms with Gasteiger partial charge < -0.3 is 39.9 Å². The molecule has 0 aromatic rings. The first-order valence-corrected chi connectivity index (χ1v) is 22.9. The number of aliphatic hydroxyl groups is 5. The van der Waals surface area contributed by atoms with E-state index >= 15 is 0 Å². The van der Waals surface area contributed by atoms with E-state index in [-0.39, 0.29) is 13.0 Å². The lowest BCUT2D eigenvalue weighted by molar-refractivity contribution is -0.220. The lowest BCUT2D eigenvalue weighted by Crippen LogP contribution is -2.64. The van der Waals surface area contributed by atoms with Crippen molar-refractivity contribution in [1.29, 1.82) is 0 Å². The van der Waals surface area contributed by atoms with E-state index in [9.17, 15) is 39.8 Å². The number of rotatable bonds is 36. The van der Waals surface area contributed by atoms with E-state index in [4.69, 9.17) is 18.5 Å². The van der Waals surface area contributed by atoms with E-state index in [1.165, 1.54) is 122 Å². The summed E-state index contributed by atoms with van der Waals surface area (Å²) in [4.78, 5) is 23.0. The van der Waals surface area contributed by atoms with Crippen LogP contribution in [-0.4, -0.2) is 98.9 Å². The lowest BCUT2D eigenvalue weighted by atomic mass is 9.85. The molecule has 0 aromatic carbocycles. The molecule has 53 heavy (non-hydrogen) atoms. The number of unbranched alkanes of at least 4 members (excludes halogenated alkanes) is 24. The van der Waals surface area contributed by atoms with Gasteiger partial charge in [0.2, 0.25) is 0 Å². The molecule has 0 radical (unpaired) electrons. The molecule has 1 saturated carbocycles. The maximum atomic E-state index is 12.7. The molecule has 0 spiro atoms. The number of hydrogen-bond acceptors (Lipinski definition) is 11. The fraction of sp³-hybridized carbons (Fsp3) is 0.975. The molecule has 0 amide bonds. The van der Waals surface area contributed by atoms with Crippen LogP contribution < -0.4 is 0 Å². The smallest absolute Gasteiger partial charge is 0.457 e. The van der Waals surface area contributed by atoms with Crippen molar-refractivity contribution in [3.8, 4) is 0 Å². The Morgan fingerprint density at radius 2 is 0.887 bits per heavy atom. The van der Waals surface area contributed by atoms with Crippen molar-refractivity contribution in [3.63, 3.8) is 0 Å². The Hall–Kier alpha value is -0.660. The number of esters is 1. The highest BCUT2D eigenvalue weighted by Crippen LogP contribution is 2.47. The van der Waals surface area contributed by atoms with Gasteiger partial charge >= 0.3 is 13.8 Å². The van der Waals surface area contributed by atoms with Crippen molar-refractivity contribution in [2.45, 2.75) is 230 Å². The molecule has 316 valence electrons. The number of phosphoric ester groups is 1. The van der Waals surface area contributed by atoms with Gasteiger partial charge in [-0.15, -0.1) is 0 Å². The molecule has 0 saturated heterocycles. The van der Waals surface area contributed by atoms with Crippen LogP contribution >= 0.6 is 7.82 Å². The zero-order valence-electron chi connectivity index (χ0n) is 33.3. The molecule has 1 rings (SSSR count). The second-order valence-electron chi connectivity index (χ2n) is 15.2. The molecule has 0 aliphatic heterocycles. The number of carbonyl (C=O) groups excluding carboxylic acids is 1. The molecular weight excluding hydrogens is 703 g/mol. The standard InChI is InChI=1S/C40H79O12P/c1-3-5-7-9-11-13-14-15-16-17-18-19-20-21-22-23-25-27-29-34(41)51-33(31-49-30-28-26-24-12-10-8-6-4-2)32-50-53(47,48)52-40-38(45)36(43)35(42)37(44)39(40)46/h33,35-40,42-46H,3-32H2,1-2H3,(H,47,48). The molecule has 6 unspecified atom stereocenters. The summed E-state index contributed by atoms with van der Waals surface area (Å²) in [7, 11) is -5.00. The molecule has 12 nitrogen and oxygen atoms in total. The van der Waals surface area contributed by atoms with Crippen LogP contribution in [0.4, 0.5) is 0 Å². The first-order chi connectivity index (χ1) is 25.5. The molecule has 13 heteroatoms. The Kier molecular flexibility index (Phi) is 30.8. The molecule has 1 aliphatic rings. The molecule has 6 atom stereocenters. The predicted molar refractivity (Wildman–Crippen MR) is 207 cm³/mol. The predicted octanol–water partition coefficient (Wildman–Crippen LogP) is 7.81. The Morgan fingerprint density at radius 1 is 0.528 bits per heavy atom. The maximum absolute atomic E-state index is 12.7. The molecule has 1 fully saturated rings. The maximum Gasteiger partial charge on any atom is 0.472 e. The van der Waals surface area contributed by atoms with Gasteiger partial charge in [-0.1, -0.05) is 168 Å². The molecule has 0 aromatic heterocycles. The highest BCUT2D eigenvalue weighted by Gasteiger charge is 2.51. The SMILES string of the molecule is CCCCCCCCCCCCCCCCCCCCC(=O)OC(COCCCCCCCCCC)COP(=O)(O)OC1C(O)C(O)C(O)C(O)C1O. The largest absolute Gasteiger partial charge is 0.472 e. The van der Waals surface area contributed by atoms with Gasteiger partial charge in [-0.25, -0.2) is 4.57 Å². The molecular formula is C40H79O12P.